The maximum absolute atomic E-state index is 4.69. The number of hydrogen-bond donors (Lipinski definition) is 1. The van der Waals surface area contributed by atoms with E-state index in [2.05, 4.69) is 57.4 Å². The van der Waals surface area contributed by atoms with Crippen molar-refractivity contribution in [1.29, 1.82) is 0 Å². The highest BCUT2D eigenvalue weighted by Crippen LogP contribution is 2.19. The molecule has 0 aliphatic heterocycles. The van der Waals surface area contributed by atoms with Crippen LogP contribution in [0.15, 0.2) is 60.9 Å². The van der Waals surface area contributed by atoms with Gasteiger partial charge in [-0.3, -0.25) is 0 Å². The number of hydrogen-bond acceptors (Lipinski definition) is 5. The van der Waals surface area contributed by atoms with E-state index in [9.17, 15) is 0 Å². The first kappa shape index (κ1) is 17.1. The second-order valence-corrected chi connectivity index (χ2v) is 6.72. The normalized spacial score (nSPS) is 11.2. The maximum atomic E-state index is 4.69. The van der Waals surface area contributed by atoms with Gasteiger partial charge in [-0.25, -0.2) is 15.0 Å². The molecule has 1 N–H and O–H groups in total. The van der Waals surface area contributed by atoms with E-state index in [-0.39, 0.29) is 0 Å². The molecule has 3 aromatic heterocycles. The summed E-state index contributed by atoms with van der Waals surface area (Å²) < 4.78 is 1.83. The van der Waals surface area contributed by atoms with Crippen molar-refractivity contribution in [3.63, 3.8) is 0 Å². The van der Waals surface area contributed by atoms with Gasteiger partial charge in [-0.2, -0.15) is 9.61 Å². The van der Waals surface area contributed by atoms with Gasteiger partial charge in [-0.1, -0.05) is 44.2 Å². The van der Waals surface area contributed by atoms with Crippen molar-refractivity contribution < 1.29 is 0 Å². The van der Waals surface area contributed by atoms with Gasteiger partial charge in [-0.05, 0) is 12.0 Å². The molecule has 0 atom stereocenters. The van der Waals surface area contributed by atoms with Crippen molar-refractivity contribution in [3.8, 4) is 11.3 Å². The Bertz CT molecular complexity index is 1040. The number of benzene rings is 1. The number of rotatable bonds is 6. The summed E-state index contributed by atoms with van der Waals surface area (Å²) in [5, 5.41) is 7.82. The van der Waals surface area contributed by atoms with Gasteiger partial charge in [0.05, 0.1) is 11.9 Å². The summed E-state index contributed by atoms with van der Waals surface area (Å²) in [7, 11) is 0. The average molecular weight is 358 g/mol. The molecule has 6 nitrogen and oxygen atoms in total. The Hall–Kier alpha value is -3.28. The molecule has 0 aliphatic rings. The highest BCUT2D eigenvalue weighted by molar-refractivity contribution is 5.58. The monoisotopic (exact) mass is 358 g/mol. The molecule has 0 saturated carbocycles. The Morgan fingerprint density at radius 1 is 1.00 bits per heavy atom. The lowest BCUT2D eigenvalue weighted by molar-refractivity contribution is 0.805. The first-order chi connectivity index (χ1) is 13.2. The van der Waals surface area contributed by atoms with Crippen molar-refractivity contribution in [2.45, 2.75) is 26.2 Å². The van der Waals surface area contributed by atoms with E-state index in [1.165, 1.54) is 0 Å². The molecular weight excluding hydrogens is 336 g/mol. The quantitative estimate of drug-likeness (QED) is 0.565. The lowest BCUT2D eigenvalue weighted by Gasteiger charge is -2.12. The smallest absolute Gasteiger partial charge is 0.157 e. The highest BCUT2D eigenvalue weighted by Gasteiger charge is 2.09. The Morgan fingerprint density at radius 2 is 1.85 bits per heavy atom. The van der Waals surface area contributed by atoms with E-state index in [4.69, 9.17) is 0 Å². The van der Waals surface area contributed by atoms with Crippen LogP contribution in [0.3, 0.4) is 0 Å². The van der Waals surface area contributed by atoms with E-state index in [1.54, 1.807) is 6.20 Å². The average Bonchev–Trinajstić information content (AvgIpc) is 3.18. The number of nitrogens with zero attached hydrogens (tertiary/aromatic N) is 5. The summed E-state index contributed by atoms with van der Waals surface area (Å²) in [6.45, 7) is 5.00. The Morgan fingerprint density at radius 3 is 2.67 bits per heavy atom. The van der Waals surface area contributed by atoms with Crippen molar-refractivity contribution in [2.75, 3.05) is 11.9 Å². The van der Waals surface area contributed by atoms with Crippen LogP contribution in [0.5, 0.6) is 0 Å². The predicted molar refractivity (Wildman–Crippen MR) is 107 cm³/mol. The van der Waals surface area contributed by atoms with E-state index in [0.717, 1.165) is 47.2 Å². The minimum atomic E-state index is 0.358. The summed E-state index contributed by atoms with van der Waals surface area (Å²) >= 11 is 0. The minimum absolute atomic E-state index is 0.358. The second-order valence-electron chi connectivity index (χ2n) is 6.72. The van der Waals surface area contributed by atoms with Crippen molar-refractivity contribution in [2.24, 2.45) is 0 Å². The third-order valence-electron chi connectivity index (χ3n) is 4.40. The molecule has 1 aromatic carbocycles. The Kier molecular flexibility index (Phi) is 4.78. The molecule has 27 heavy (non-hydrogen) atoms. The van der Waals surface area contributed by atoms with Crippen molar-refractivity contribution >= 4 is 11.5 Å². The van der Waals surface area contributed by atoms with Crippen LogP contribution in [0, 0.1) is 0 Å². The van der Waals surface area contributed by atoms with Crippen molar-refractivity contribution in [1.82, 2.24) is 24.6 Å². The number of aromatic nitrogens is 5. The molecule has 136 valence electrons. The van der Waals surface area contributed by atoms with Gasteiger partial charge in [0.1, 0.15) is 11.6 Å². The first-order valence-corrected chi connectivity index (χ1v) is 9.16. The predicted octanol–water partition coefficient (Wildman–Crippen LogP) is 3.96. The fraction of sp³-hybridized carbons (Fsp3) is 0.238. The van der Waals surface area contributed by atoms with Crippen LogP contribution in [0.25, 0.3) is 16.9 Å². The number of fused-ring (bicyclic) bond motifs is 1. The number of anilines is 1. The minimum Gasteiger partial charge on any atom is -0.369 e. The molecule has 6 heteroatoms. The third kappa shape index (κ3) is 3.79. The summed E-state index contributed by atoms with van der Waals surface area (Å²) in [5.74, 6) is 2.11. The standard InChI is InChI=1S/C21H22N6/c1-15(2)18-14-21(27-20(26-18)10-13-24-27)23-12-9-19-22-11-8-17(25-19)16-6-4-3-5-7-16/h3-8,10-11,13-15,23H,9,12H2,1-2H3. The topological polar surface area (TPSA) is 68.0 Å². The van der Waals surface area contributed by atoms with Crippen molar-refractivity contribution in [3.05, 3.63) is 72.4 Å². The molecule has 4 aromatic rings. The molecule has 0 unspecified atom stereocenters. The maximum Gasteiger partial charge on any atom is 0.157 e. The highest BCUT2D eigenvalue weighted by atomic mass is 15.3. The Balaban J connectivity index is 1.49. The SMILES string of the molecule is CC(C)c1cc(NCCc2nccc(-c3ccccc3)n2)n2nccc2n1. The zero-order chi connectivity index (χ0) is 18.6. The largest absolute Gasteiger partial charge is 0.369 e. The molecule has 0 radical (unpaired) electrons. The molecule has 0 fully saturated rings. The molecule has 0 bridgehead atoms. The molecule has 0 amide bonds. The molecule has 0 spiro atoms. The van der Waals surface area contributed by atoms with E-state index in [0.29, 0.717) is 5.92 Å². The van der Waals surface area contributed by atoms with E-state index < -0.39 is 0 Å². The van der Waals surface area contributed by atoms with E-state index >= 15 is 0 Å². The molecule has 4 rings (SSSR count). The van der Waals surface area contributed by atoms with E-state index in [1.807, 2.05) is 41.0 Å². The molecule has 0 saturated heterocycles. The molecule has 0 aliphatic carbocycles. The van der Waals surface area contributed by atoms with Gasteiger partial charge in [0.2, 0.25) is 0 Å². The van der Waals surface area contributed by atoms with Crippen LogP contribution >= 0.6 is 0 Å². The van der Waals surface area contributed by atoms with Gasteiger partial charge in [0, 0.05) is 42.6 Å². The zero-order valence-electron chi connectivity index (χ0n) is 15.5. The van der Waals surface area contributed by atoms with Crippen LogP contribution in [0.2, 0.25) is 0 Å². The summed E-state index contributed by atoms with van der Waals surface area (Å²) in [4.78, 5) is 13.7. The Labute approximate surface area is 158 Å². The fourth-order valence-electron chi connectivity index (χ4n) is 2.95. The lowest BCUT2D eigenvalue weighted by atomic mass is 10.1. The van der Waals surface area contributed by atoms with Crippen LogP contribution in [-0.2, 0) is 6.42 Å². The summed E-state index contributed by atoms with van der Waals surface area (Å²) in [6.07, 6.45) is 4.31. The lowest BCUT2D eigenvalue weighted by Crippen LogP contribution is -2.12. The van der Waals surface area contributed by atoms with Gasteiger partial charge >= 0.3 is 0 Å². The second kappa shape index (κ2) is 7.53. The van der Waals surface area contributed by atoms with Gasteiger partial charge in [-0.15, -0.1) is 0 Å². The summed E-state index contributed by atoms with van der Waals surface area (Å²) in [5.41, 5.74) is 3.95. The molecule has 3 heterocycles. The molecular formula is C21H22N6. The van der Waals surface area contributed by atoms with Gasteiger partial charge in [0.25, 0.3) is 0 Å². The van der Waals surface area contributed by atoms with Gasteiger partial charge < -0.3 is 5.32 Å². The summed E-state index contributed by atoms with van der Waals surface area (Å²) in [6, 6.07) is 16.1. The zero-order valence-corrected chi connectivity index (χ0v) is 15.5. The van der Waals surface area contributed by atoms with Gasteiger partial charge in [0.15, 0.2) is 5.65 Å². The number of nitrogens with one attached hydrogen (secondary N) is 1. The van der Waals surface area contributed by atoms with Crippen LogP contribution in [0.1, 0.15) is 31.3 Å². The van der Waals surface area contributed by atoms with Crippen LogP contribution < -0.4 is 5.32 Å². The fourth-order valence-corrected chi connectivity index (χ4v) is 2.95. The first-order valence-electron chi connectivity index (χ1n) is 9.16. The van der Waals surface area contributed by atoms with Crippen LogP contribution in [-0.4, -0.2) is 31.1 Å². The third-order valence-corrected chi connectivity index (χ3v) is 4.40. The van der Waals surface area contributed by atoms with Crippen LogP contribution in [0.4, 0.5) is 5.82 Å².